The van der Waals surface area contributed by atoms with Crippen LogP contribution in [-0.4, -0.2) is 51.2 Å². The number of hydrogen-bond donors (Lipinski definition) is 2. The van der Waals surface area contributed by atoms with E-state index in [9.17, 15) is 9.59 Å². The van der Waals surface area contributed by atoms with E-state index in [0.717, 1.165) is 37.0 Å². The number of carboxylic acids is 1. The van der Waals surface area contributed by atoms with E-state index in [2.05, 4.69) is 4.98 Å². The van der Waals surface area contributed by atoms with Crippen molar-refractivity contribution in [3.05, 3.63) is 16.1 Å². The summed E-state index contributed by atoms with van der Waals surface area (Å²) in [6.07, 6.45) is 5.21. The van der Waals surface area contributed by atoms with Gasteiger partial charge in [-0.25, -0.2) is 9.78 Å². The minimum atomic E-state index is -1.13. The van der Waals surface area contributed by atoms with Crippen LogP contribution in [0.15, 0.2) is 5.38 Å². The molecule has 0 unspecified atom stereocenters. The molecule has 0 saturated heterocycles. The molecule has 0 spiro atoms. The second-order valence-corrected chi connectivity index (χ2v) is 5.72. The van der Waals surface area contributed by atoms with Gasteiger partial charge in [0.05, 0.1) is 6.61 Å². The van der Waals surface area contributed by atoms with Crippen LogP contribution in [-0.2, 0) is 0 Å². The predicted octanol–water partition coefficient (Wildman–Crippen LogP) is 1.61. The molecule has 7 heteroatoms. The summed E-state index contributed by atoms with van der Waals surface area (Å²) in [4.78, 5) is 28.7. The number of aromatic carboxylic acids is 1. The summed E-state index contributed by atoms with van der Waals surface area (Å²) in [7, 11) is 0. The smallest absolute Gasteiger partial charge is 0.355 e. The molecule has 1 aliphatic carbocycles. The number of aliphatic hydroxyl groups excluding tert-OH is 1. The highest BCUT2D eigenvalue weighted by molar-refractivity contribution is 7.11. The fourth-order valence-electron chi connectivity index (χ4n) is 2.54. The second kappa shape index (κ2) is 6.81. The lowest BCUT2D eigenvalue weighted by atomic mass is 9.94. The maximum absolute atomic E-state index is 12.4. The number of aromatic nitrogens is 1. The Hall–Kier alpha value is -1.47. The van der Waals surface area contributed by atoms with Gasteiger partial charge in [0.1, 0.15) is 0 Å². The van der Waals surface area contributed by atoms with Crippen LogP contribution in [0.1, 0.15) is 52.4 Å². The first-order chi connectivity index (χ1) is 9.63. The van der Waals surface area contributed by atoms with E-state index in [1.807, 2.05) is 0 Å². The molecule has 1 aliphatic rings. The normalized spacial score (nSPS) is 16.1. The highest BCUT2D eigenvalue weighted by Crippen LogP contribution is 2.24. The minimum Gasteiger partial charge on any atom is -0.476 e. The van der Waals surface area contributed by atoms with Gasteiger partial charge in [0.25, 0.3) is 5.91 Å². The number of nitrogens with zero attached hydrogens (tertiary/aromatic N) is 2. The first kappa shape index (κ1) is 14.9. The van der Waals surface area contributed by atoms with Crippen molar-refractivity contribution in [3.8, 4) is 0 Å². The molecule has 1 aromatic rings. The van der Waals surface area contributed by atoms with Gasteiger partial charge in [0, 0.05) is 18.0 Å². The maximum Gasteiger partial charge on any atom is 0.355 e. The first-order valence-corrected chi connectivity index (χ1v) is 7.62. The van der Waals surface area contributed by atoms with Crippen LogP contribution in [0.5, 0.6) is 0 Å². The number of hydrogen-bond acceptors (Lipinski definition) is 5. The molecule has 1 saturated carbocycles. The van der Waals surface area contributed by atoms with Crippen LogP contribution >= 0.6 is 11.3 Å². The third-order valence-corrected chi connectivity index (χ3v) is 4.35. The molecule has 0 aromatic carbocycles. The van der Waals surface area contributed by atoms with Crippen LogP contribution in [0.2, 0.25) is 0 Å². The summed E-state index contributed by atoms with van der Waals surface area (Å²) in [6, 6.07) is 0.126. The van der Waals surface area contributed by atoms with Crippen molar-refractivity contribution in [1.82, 2.24) is 9.88 Å². The number of thiazole rings is 1. The molecule has 0 atom stereocenters. The molecule has 1 heterocycles. The molecule has 20 heavy (non-hydrogen) atoms. The van der Waals surface area contributed by atoms with Gasteiger partial charge in [-0.15, -0.1) is 11.3 Å². The molecule has 1 aromatic heterocycles. The summed E-state index contributed by atoms with van der Waals surface area (Å²) in [5, 5.41) is 19.6. The van der Waals surface area contributed by atoms with Crippen LogP contribution < -0.4 is 0 Å². The molecule has 2 N–H and O–H groups in total. The number of rotatable bonds is 5. The number of carboxylic acid groups (broad SMARTS) is 1. The Balaban J connectivity index is 2.14. The van der Waals surface area contributed by atoms with E-state index < -0.39 is 5.97 Å². The Morgan fingerprint density at radius 3 is 2.60 bits per heavy atom. The van der Waals surface area contributed by atoms with E-state index in [1.54, 1.807) is 4.90 Å². The maximum atomic E-state index is 12.4. The van der Waals surface area contributed by atoms with Gasteiger partial charge >= 0.3 is 5.97 Å². The van der Waals surface area contributed by atoms with E-state index in [-0.39, 0.29) is 35.8 Å². The third-order valence-electron chi connectivity index (χ3n) is 3.52. The largest absolute Gasteiger partial charge is 0.476 e. The highest BCUT2D eigenvalue weighted by atomic mass is 32.1. The van der Waals surface area contributed by atoms with Crippen LogP contribution in [0.4, 0.5) is 0 Å². The zero-order chi connectivity index (χ0) is 14.5. The van der Waals surface area contributed by atoms with E-state index in [0.29, 0.717) is 0 Å². The van der Waals surface area contributed by atoms with Gasteiger partial charge in [0.2, 0.25) is 0 Å². The average molecular weight is 298 g/mol. The molecule has 1 amide bonds. The van der Waals surface area contributed by atoms with E-state index >= 15 is 0 Å². The Morgan fingerprint density at radius 2 is 2.05 bits per heavy atom. The number of carbonyl (C=O) groups is 2. The number of carbonyl (C=O) groups excluding carboxylic acids is 1. The Bertz CT molecular complexity index is 482. The topological polar surface area (TPSA) is 90.7 Å². The van der Waals surface area contributed by atoms with Crippen molar-refractivity contribution in [2.24, 2.45) is 0 Å². The summed E-state index contributed by atoms with van der Waals surface area (Å²) in [5.74, 6) is -1.41. The van der Waals surface area contributed by atoms with Crippen molar-refractivity contribution in [1.29, 1.82) is 0 Å². The van der Waals surface area contributed by atoms with Crippen molar-refractivity contribution >= 4 is 23.2 Å². The van der Waals surface area contributed by atoms with Gasteiger partial charge in [-0.2, -0.15) is 0 Å². The molecule has 110 valence electrons. The van der Waals surface area contributed by atoms with Gasteiger partial charge < -0.3 is 15.1 Å². The Labute approximate surface area is 121 Å². The van der Waals surface area contributed by atoms with Crippen LogP contribution in [0.3, 0.4) is 0 Å². The van der Waals surface area contributed by atoms with Crippen molar-refractivity contribution < 1.29 is 19.8 Å². The van der Waals surface area contributed by atoms with Gasteiger partial charge in [-0.05, 0) is 12.8 Å². The van der Waals surface area contributed by atoms with E-state index in [4.69, 9.17) is 10.2 Å². The van der Waals surface area contributed by atoms with Crippen LogP contribution in [0, 0.1) is 0 Å². The fraction of sp³-hybridized carbons (Fsp3) is 0.615. The lowest BCUT2D eigenvalue weighted by Crippen LogP contribution is -2.43. The third kappa shape index (κ3) is 3.34. The summed E-state index contributed by atoms with van der Waals surface area (Å²) in [6.45, 7) is 0.172. The SMILES string of the molecule is O=C(O)c1csc(C(=O)N(CCO)C2CCCCC2)n1. The molecular formula is C13H18N2O4S. The Morgan fingerprint density at radius 1 is 1.35 bits per heavy atom. The zero-order valence-electron chi connectivity index (χ0n) is 11.1. The van der Waals surface area contributed by atoms with Crippen molar-refractivity contribution in [2.45, 2.75) is 38.1 Å². The fourth-order valence-corrected chi connectivity index (χ4v) is 3.29. The molecule has 6 nitrogen and oxygen atoms in total. The number of aliphatic hydroxyl groups is 1. The zero-order valence-corrected chi connectivity index (χ0v) is 11.9. The Kier molecular flexibility index (Phi) is 5.08. The van der Waals surface area contributed by atoms with Crippen molar-refractivity contribution in [2.75, 3.05) is 13.2 Å². The molecule has 2 rings (SSSR count). The lowest BCUT2D eigenvalue weighted by Gasteiger charge is -2.33. The van der Waals surface area contributed by atoms with E-state index in [1.165, 1.54) is 11.8 Å². The summed E-state index contributed by atoms with van der Waals surface area (Å²) < 4.78 is 0. The van der Waals surface area contributed by atoms with Gasteiger partial charge in [-0.1, -0.05) is 19.3 Å². The second-order valence-electron chi connectivity index (χ2n) is 4.86. The standard InChI is InChI=1S/C13H18N2O4S/c16-7-6-15(9-4-2-1-3-5-9)12(17)11-14-10(8-20-11)13(18)19/h8-9,16H,1-7H2,(H,18,19). The predicted molar refractivity (Wildman–Crippen MR) is 74.1 cm³/mol. The average Bonchev–Trinajstić information content (AvgIpc) is 2.95. The molecular weight excluding hydrogens is 280 g/mol. The highest BCUT2D eigenvalue weighted by Gasteiger charge is 2.28. The summed E-state index contributed by atoms with van der Waals surface area (Å²) in [5.41, 5.74) is -0.106. The lowest BCUT2D eigenvalue weighted by molar-refractivity contribution is 0.0585. The minimum absolute atomic E-state index is 0.0978. The molecule has 1 fully saturated rings. The van der Waals surface area contributed by atoms with Gasteiger partial charge in [-0.3, -0.25) is 4.79 Å². The quantitative estimate of drug-likeness (QED) is 0.861. The molecule has 0 aliphatic heterocycles. The molecule has 0 radical (unpaired) electrons. The van der Waals surface area contributed by atoms with Gasteiger partial charge in [0.15, 0.2) is 10.7 Å². The monoisotopic (exact) mass is 298 g/mol. The first-order valence-electron chi connectivity index (χ1n) is 6.74. The molecule has 0 bridgehead atoms. The summed E-state index contributed by atoms with van der Waals surface area (Å²) >= 11 is 1.04. The number of amides is 1. The van der Waals surface area contributed by atoms with Crippen molar-refractivity contribution in [3.63, 3.8) is 0 Å². The van der Waals surface area contributed by atoms with Crippen LogP contribution in [0.25, 0.3) is 0 Å².